The fraction of sp³-hybridized carbons (Fsp3) is 0.200. The molecule has 0 radical (unpaired) electrons. The van der Waals surface area contributed by atoms with E-state index in [2.05, 4.69) is 36.5 Å². The molecule has 0 aromatic rings. The van der Waals surface area contributed by atoms with Gasteiger partial charge in [-0.25, -0.2) is 0 Å². The average molecular weight is 226 g/mol. The van der Waals surface area contributed by atoms with E-state index >= 15 is 0 Å². The van der Waals surface area contributed by atoms with Gasteiger partial charge in [0.15, 0.2) is 0 Å². The van der Waals surface area contributed by atoms with Gasteiger partial charge in [-0.1, -0.05) is 0 Å². The zero-order chi connectivity index (χ0) is 7.52. The van der Waals surface area contributed by atoms with Crippen LogP contribution in [0.15, 0.2) is 44.4 Å². The molecule has 0 bridgehead atoms. The molecule has 0 aromatic heterocycles. The third-order valence-electron chi connectivity index (χ3n) is 1.71. The van der Waals surface area contributed by atoms with Crippen LogP contribution in [0.1, 0.15) is 12.8 Å². The Kier molecular flexibility index (Phi) is 2.23. The minimum absolute atomic E-state index is 0.00917. The van der Waals surface area contributed by atoms with Crippen molar-refractivity contribution >= 4 is 0 Å². The maximum absolute atomic E-state index is 2.36. The van der Waals surface area contributed by atoms with E-state index in [0.29, 0.717) is 0 Å². The van der Waals surface area contributed by atoms with Crippen molar-refractivity contribution in [1.82, 2.24) is 0 Å². The molecule has 0 saturated heterocycles. The van der Waals surface area contributed by atoms with Gasteiger partial charge in [-0.3, -0.25) is 0 Å². The van der Waals surface area contributed by atoms with Crippen LogP contribution >= 0.6 is 0 Å². The normalized spacial score (nSPS) is 20.7. The van der Waals surface area contributed by atoms with E-state index in [9.17, 15) is 0 Å². The van der Waals surface area contributed by atoms with Crippen molar-refractivity contribution in [2.24, 2.45) is 0 Å². The molecule has 2 rings (SSSR count). The average Bonchev–Trinajstić information content (AvgIpc) is 2.60. The van der Waals surface area contributed by atoms with Crippen LogP contribution in [-0.4, -0.2) is 0 Å². The van der Waals surface area contributed by atoms with Crippen LogP contribution in [-0.2, 0) is 18.6 Å². The second-order valence-corrected chi connectivity index (χ2v) is 5.41. The Morgan fingerprint density at radius 2 is 1.45 bits per heavy atom. The second-order valence-electron chi connectivity index (χ2n) is 2.59. The molecular weight excluding hydrogens is 216 g/mol. The number of hydrogen-bond acceptors (Lipinski definition) is 0. The van der Waals surface area contributed by atoms with Gasteiger partial charge in [0, 0.05) is 0 Å². The van der Waals surface area contributed by atoms with E-state index < -0.39 is 0 Å². The monoisotopic (exact) mass is 228 g/mol. The van der Waals surface area contributed by atoms with Crippen molar-refractivity contribution in [3.63, 3.8) is 0 Å². The Morgan fingerprint density at radius 3 is 1.82 bits per heavy atom. The summed E-state index contributed by atoms with van der Waals surface area (Å²) in [6.45, 7) is 0. The van der Waals surface area contributed by atoms with E-state index in [-0.39, 0.29) is 18.6 Å². The maximum atomic E-state index is 2.36. The van der Waals surface area contributed by atoms with Gasteiger partial charge in [-0.2, -0.15) is 0 Å². The van der Waals surface area contributed by atoms with Crippen LogP contribution in [0.2, 0.25) is 0 Å². The molecule has 0 N–H and O–H groups in total. The van der Waals surface area contributed by atoms with Crippen LogP contribution < -0.4 is 0 Å². The third-order valence-corrected chi connectivity index (χ3v) is 4.36. The molecule has 11 heavy (non-hydrogen) atoms. The first kappa shape index (κ1) is 7.31. The van der Waals surface area contributed by atoms with Gasteiger partial charge in [0.05, 0.1) is 0 Å². The van der Waals surface area contributed by atoms with Crippen LogP contribution in [0.25, 0.3) is 0 Å². The summed E-state index contributed by atoms with van der Waals surface area (Å²) in [5, 5.41) is 0. The molecule has 0 spiro atoms. The fourth-order valence-electron chi connectivity index (χ4n) is 1.16. The molecule has 0 atom stereocenters. The molecule has 0 heterocycles. The Balaban J connectivity index is 1.99. The van der Waals surface area contributed by atoms with E-state index in [4.69, 9.17) is 0 Å². The molecule has 0 fully saturated rings. The van der Waals surface area contributed by atoms with Crippen molar-refractivity contribution in [1.29, 1.82) is 0 Å². The van der Waals surface area contributed by atoms with Gasteiger partial charge in [0.2, 0.25) is 0 Å². The van der Waals surface area contributed by atoms with Crippen molar-refractivity contribution < 1.29 is 18.6 Å². The molecule has 2 aliphatic carbocycles. The van der Waals surface area contributed by atoms with Gasteiger partial charge >= 0.3 is 75.8 Å². The number of allylic oxidation sites excluding steroid dienone is 8. The van der Waals surface area contributed by atoms with Gasteiger partial charge < -0.3 is 0 Å². The minimum atomic E-state index is -0.00917. The second kappa shape index (κ2) is 3.36. The van der Waals surface area contributed by atoms with Crippen molar-refractivity contribution in [3.8, 4) is 0 Å². The van der Waals surface area contributed by atoms with Crippen molar-refractivity contribution in [2.45, 2.75) is 12.8 Å². The van der Waals surface area contributed by atoms with Crippen molar-refractivity contribution in [2.75, 3.05) is 0 Å². The molecule has 0 amide bonds. The Morgan fingerprint density at radius 1 is 0.909 bits per heavy atom. The molecule has 0 saturated carbocycles. The Bertz CT molecular complexity index is 239. The van der Waals surface area contributed by atoms with E-state index in [0.717, 1.165) is 12.8 Å². The summed E-state index contributed by atoms with van der Waals surface area (Å²) < 4.78 is 3.21. The summed E-state index contributed by atoms with van der Waals surface area (Å²) in [5.41, 5.74) is 0. The zero-order valence-electron chi connectivity index (χ0n) is 6.29. The van der Waals surface area contributed by atoms with E-state index in [1.54, 1.807) is 7.93 Å². The van der Waals surface area contributed by atoms with Crippen LogP contribution in [0, 0.1) is 0 Å². The van der Waals surface area contributed by atoms with E-state index in [1.165, 1.54) is 0 Å². The first-order valence-corrected chi connectivity index (χ1v) is 5.87. The molecule has 56 valence electrons. The summed E-state index contributed by atoms with van der Waals surface area (Å²) in [4.78, 5) is 0. The molecule has 1 heteroatoms. The first-order chi connectivity index (χ1) is 5.45. The standard InChI is InChI=1S/2C5H5.Mo/c2*1-2-4-5-3-1;/h2*1-2,5H,3H2;. The predicted octanol–water partition coefficient (Wildman–Crippen LogP) is 2.76. The van der Waals surface area contributed by atoms with Gasteiger partial charge in [-0.05, 0) is 0 Å². The quantitative estimate of drug-likeness (QED) is 0.635. The Labute approximate surface area is 75.9 Å². The van der Waals surface area contributed by atoms with E-state index in [1.807, 2.05) is 0 Å². The van der Waals surface area contributed by atoms with Crippen LogP contribution in [0.3, 0.4) is 0 Å². The molecule has 0 aromatic carbocycles. The first-order valence-electron chi connectivity index (χ1n) is 3.86. The summed E-state index contributed by atoms with van der Waals surface area (Å²) in [7, 11) is 0. The van der Waals surface area contributed by atoms with Crippen LogP contribution in [0.5, 0.6) is 0 Å². The van der Waals surface area contributed by atoms with Gasteiger partial charge in [0.25, 0.3) is 0 Å². The topological polar surface area (TPSA) is 0 Å². The van der Waals surface area contributed by atoms with Gasteiger partial charge in [-0.15, -0.1) is 0 Å². The molecular formula is C10H10Mo. The predicted molar refractivity (Wildman–Crippen MR) is 43.7 cm³/mol. The fourth-order valence-corrected chi connectivity index (χ4v) is 3.52. The summed E-state index contributed by atoms with van der Waals surface area (Å²) in [6.07, 6.45) is 16.1. The molecule has 2 aliphatic rings. The van der Waals surface area contributed by atoms with Gasteiger partial charge in [0.1, 0.15) is 0 Å². The number of rotatable bonds is 2. The van der Waals surface area contributed by atoms with Crippen LogP contribution in [0.4, 0.5) is 0 Å². The Hall–Kier alpha value is -0.352. The number of hydrogen-bond donors (Lipinski definition) is 0. The molecule has 0 unspecified atom stereocenters. The molecule has 0 nitrogen and oxygen atoms in total. The summed E-state index contributed by atoms with van der Waals surface area (Å²) in [6, 6.07) is 0. The SMILES string of the molecule is C1=C[C]([Mo][C]2=CCC=C2)=CC1. The summed E-state index contributed by atoms with van der Waals surface area (Å²) >= 11 is -0.00917. The van der Waals surface area contributed by atoms with Crippen molar-refractivity contribution in [3.05, 3.63) is 44.4 Å². The summed E-state index contributed by atoms with van der Waals surface area (Å²) in [5.74, 6) is 0. The molecule has 0 aliphatic heterocycles. The zero-order valence-corrected chi connectivity index (χ0v) is 8.29. The third kappa shape index (κ3) is 1.81.